The summed E-state index contributed by atoms with van der Waals surface area (Å²) in [5.41, 5.74) is 0.902. The van der Waals surface area contributed by atoms with Crippen LogP contribution in [0.25, 0.3) is 5.69 Å². The van der Waals surface area contributed by atoms with E-state index in [-0.39, 0.29) is 0 Å². The number of para-hydroxylation sites is 1. The average Bonchev–Trinajstić information content (AvgIpc) is 2.79. The molecule has 0 unspecified atom stereocenters. The number of hydrogen-bond donors (Lipinski definition) is 0. The fourth-order valence-electron chi connectivity index (χ4n) is 1.31. The van der Waals surface area contributed by atoms with Crippen molar-refractivity contribution in [2.24, 2.45) is 0 Å². The molecule has 0 aliphatic rings. The molecular weight excluding hydrogens is 204 g/mol. The summed E-state index contributed by atoms with van der Waals surface area (Å²) >= 11 is 0. The van der Waals surface area contributed by atoms with Crippen LogP contribution in [0.5, 0.6) is 6.01 Å². The average molecular weight is 218 g/mol. The molecule has 5 heteroatoms. The van der Waals surface area contributed by atoms with Crippen LogP contribution in [-0.2, 0) is 0 Å². The number of unbranched alkanes of at least 4 members (excludes halogenated alkanes) is 1. The largest absolute Gasteiger partial charge is 0.462 e. The highest BCUT2D eigenvalue weighted by Crippen LogP contribution is 2.12. The van der Waals surface area contributed by atoms with E-state index in [1.54, 1.807) is 4.68 Å². The van der Waals surface area contributed by atoms with Crippen molar-refractivity contribution in [3.63, 3.8) is 0 Å². The van der Waals surface area contributed by atoms with Crippen molar-refractivity contribution in [1.29, 1.82) is 0 Å². The first-order valence-corrected chi connectivity index (χ1v) is 5.38. The molecule has 2 aromatic rings. The summed E-state index contributed by atoms with van der Waals surface area (Å²) in [4.78, 5) is 0. The number of aromatic nitrogens is 4. The third-order valence-corrected chi connectivity index (χ3v) is 2.17. The lowest BCUT2D eigenvalue weighted by atomic mass is 10.3. The van der Waals surface area contributed by atoms with Gasteiger partial charge in [-0.25, -0.2) is 0 Å². The topological polar surface area (TPSA) is 52.8 Å². The van der Waals surface area contributed by atoms with Crippen molar-refractivity contribution in [1.82, 2.24) is 20.2 Å². The van der Waals surface area contributed by atoms with Crippen LogP contribution >= 0.6 is 0 Å². The second kappa shape index (κ2) is 5.25. The van der Waals surface area contributed by atoms with Gasteiger partial charge in [0.15, 0.2) is 0 Å². The highest BCUT2D eigenvalue weighted by Gasteiger charge is 2.08. The lowest BCUT2D eigenvalue weighted by molar-refractivity contribution is 0.278. The summed E-state index contributed by atoms with van der Waals surface area (Å²) < 4.78 is 7.09. The maximum absolute atomic E-state index is 5.50. The molecule has 0 fully saturated rings. The Morgan fingerprint density at radius 3 is 2.81 bits per heavy atom. The highest BCUT2D eigenvalue weighted by atomic mass is 16.5. The van der Waals surface area contributed by atoms with Crippen LogP contribution in [0.4, 0.5) is 0 Å². The summed E-state index contributed by atoms with van der Waals surface area (Å²) in [6, 6.07) is 10.1. The minimum atomic E-state index is 0.444. The van der Waals surface area contributed by atoms with Crippen LogP contribution in [0.15, 0.2) is 30.3 Å². The Morgan fingerprint density at radius 1 is 1.25 bits per heavy atom. The number of rotatable bonds is 5. The Balaban J connectivity index is 2.13. The number of nitrogens with zero attached hydrogens (tertiary/aromatic N) is 4. The van der Waals surface area contributed by atoms with Gasteiger partial charge in [0.25, 0.3) is 0 Å². The van der Waals surface area contributed by atoms with E-state index < -0.39 is 0 Å². The quantitative estimate of drug-likeness (QED) is 0.718. The fraction of sp³-hybridized carbons (Fsp3) is 0.364. The Kier molecular flexibility index (Phi) is 3.48. The Bertz CT molecular complexity index is 427. The van der Waals surface area contributed by atoms with E-state index in [1.807, 2.05) is 30.3 Å². The van der Waals surface area contributed by atoms with E-state index in [1.165, 1.54) is 0 Å². The van der Waals surface area contributed by atoms with Gasteiger partial charge in [-0.3, -0.25) is 0 Å². The van der Waals surface area contributed by atoms with Crippen molar-refractivity contribution < 1.29 is 4.74 Å². The van der Waals surface area contributed by atoms with Gasteiger partial charge < -0.3 is 4.74 Å². The van der Waals surface area contributed by atoms with Gasteiger partial charge in [-0.2, -0.15) is 4.68 Å². The summed E-state index contributed by atoms with van der Waals surface area (Å²) in [5, 5.41) is 11.4. The molecular formula is C11H14N4O. The van der Waals surface area contributed by atoms with Crippen molar-refractivity contribution in [2.75, 3.05) is 6.61 Å². The SMILES string of the molecule is CCCCOc1nnnn1-c1ccccc1. The molecule has 0 atom stereocenters. The monoisotopic (exact) mass is 218 g/mol. The molecule has 0 bridgehead atoms. The molecule has 0 saturated carbocycles. The molecule has 5 nitrogen and oxygen atoms in total. The van der Waals surface area contributed by atoms with Gasteiger partial charge in [0.2, 0.25) is 0 Å². The van der Waals surface area contributed by atoms with Gasteiger partial charge in [-0.05, 0) is 29.0 Å². The van der Waals surface area contributed by atoms with E-state index in [4.69, 9.17) is 4.74 Å². The lowest BCUT2D eigenvalue weighted by Crippen LogP contribution is -2.04. The van der Waals surface area contributed by atoms with Crippen molar-refractivity contribution in [2.45, 2.75) is 19.8 Å². The first-order chi connectivity index (χ1) is 7.92. The highest BCUT2D eigenvalue weighted by molar-refractivity contribution is 5.31. The number of hydrogen-bond acceptors (Lipinski definition) is 4. The normalized spacial score (nSPS) is 10.3. The van der Waals surface area contributed by atoms with Gasteiger partial charge >= 0.3 is 6.01 Å². The van der Waals surface area contributed by atoms with E-state index in [9.17, 15) is 0 Å². The third kappa shape index (κ3) is 2.36. The van der Waals surface area contributed by atoms with Crippen molar-refractivity contribution >= 4 is 0 Å². The minimum Gasteiger partial charge on any atom is -0.462 e. The predicted octanol–water partition coefficient (Wildman–Crippen LogP) is 1.84. The van der Waals surface area contributed by atoms with E-state index in [0.29, 0.717) is 12.6 Å². The lowest BCUT2D eigenvalue weighted by Gasteiger charge is -2.05. The van der Waals surface area contributed by atoms with Crippen LogP contribution < -0.4 is 4.74 Å². The van der Waals surface area contributed by atoms with Crippen LogP contribution in [0, 0.1) is 0 Å². The Labute approximate surface area is 94.0 Å². The molecule has 84 valence electrons. The molecule has 1 aromatic carbocycles. The zero-order valence-electron chi connectivity index (χ0n) is 9.21. The molecule has 0 radical (unpaired) electrons. The summed E-state index contributed by atoms with van der Waals surface area (Å²) in [6.07, 6.45) is 2.09. The summed E-state index contributed by atoms with van der Waals surface area (Å²) in [6.45, 7) is 2.76. The van der Waals surface area contributed by atoms with Crippen LogP contribution in [0.1, 0.15) is 19.8 Å². The molecule has 0 saturated heterocycles. The molecule has 0 N–H and O–H groups in total. The maximum Gasteiger partial charge on any atom is 0.340 e. The summed E-state index contributed by atoms with van der Waals surface area (Å²) in [7, 11) is 0. The first kappa shape index (κ1) is 10.6. The van der Waals surface area contributed by atoms with Gasteiger partial charge in [-0.1, -0.05) is 36.6 Å². The van der Waals surface area contributed by atoms with Crippen LogP contribution in [0.3, 0.4) is 0 Å². The van der Waals surface area contributed by atoms with Crippen LogP contribution in [-0.4, -0.2) is 26.8 Å². The molecule has 0 aliphatic heterocycles. The predicted molar refractivity (Wildman–Crippen MR) is 59.6 cm³/mol. The van der Waals surface area contributed by atoms with E-state index >= 15 is 0 Å². The minimum absolute atomic E-state index is 0.444. The number of benzene rings is 1. The standard InChI is InChI=1S/C11H14N4O/c1-2-3-9-16-11-12-13-14-15(11)10-7-5-4-6-8-10/h4-8H,2-3,9H2,1H3. The van der Waals surface area contributed by atoms with Gasteiger partial charge in [0, 0.05) is 0 Å². The van der Waals surface area contributed by atoms with Crippen molar-refractivity contribution in [3.8, 4) is 11.7 Å². The third-order valence-electron chi connectivity index (χ3n) is 2.17. The fourth-order valence-corrected chi connectivity index (χ4v) is 1.31. The maximum atomic E-state index is 5.50. The molecule has 16 heavy (non-hydrogen) atoms. The van der Waals surface area contributed by atoms with Crippen molar-refractivity contribution in [3.05, 3.63) is 30.3 Å². The number of tetrazole rings is 1. The first-order valence-electron chi connectivity index (χ1n) is 5.38. The second-order valence-corrected chi connectivity index (χ2v) is 3.41. The number of ether oxygens (including phenoxy) is 1. The Morgan fingerprint density at radius 2 is 2.06 bits per heavy atom. The van der Waals surface area contributed by atoms with Gasteiger partial charge in [0.05, 0.1) is 12.3 Å². The molecule has 0 amide bonds. The van der Waals surface area contributed by atoms with E-state index in [2.05, 4.69) is 22.4 Å². The van der Waals surface area contributed by atoms with Gasteiger partial charge in [0.1, 0.15) is 0 Å². The van der Waals surface area contributed by atoms with Crippen LogP contribution in [0.2, 0.25) is 0 Å². The van der Waals surface area contributed by atoms with Gasteiger partial charge in [-0.15, -0.1) is 0 Å². The summed E-state index contributed by atoms with van der Waals surface area (Å²) in [5.74, 6) is 0. The zero-order valence-corrected chi connectivity index (χ0v) is 9.21. The molecule has 2 rings (SSSR count). The molecule has 0 aliphatic carbocycles. The Hall–Kier alpha value is -1.91. The van der Waals surface area contributed by atoms with E-state index in [0.717, 1.165) is 18.5 Å². The second-order valence-electron chi connectivity index (χ2n) is 3.41. The zero-order chi connectivity index (χ0) is 11.2. The smallest absolute Gasteiger partial charge is 0.340 e. The molecule has 1 heterocycles. The molecule has 1 aromatic heterocycles. The molecule has 0 spiro atoms.